The van der Waals surface area contributed by atoms with E-state index in [-0.39, 0.29) is 21.4 Å². The summed E-state index contributed by atoms with van der Waals surface area (Å²) in [6.07, 6.45) is -1.84. The molecule has 0 amide bonds. The van der Waals surface area contributed by atoms with Gasteiger partial charge in [-0.3, -0.25) is 0 Å². The molecule has 0 saturated heterocycles. The second-order valence-corrected chi connectivity index (χ2v) is 5.89. The smallest absolute Gasteiger partial charge is 0.313 e. The number of carbonyl (C=O) groups excluding carboxylic acids is 1. The van der Waals surface area contributed by atoms with Crippen molar-refractivity contribution in [3.63, 3.8) is 0 Å². The second-order valence-electron chi connectivity index (χ2n) is 4.40. The molecule has 0 unspecified atom stereocenters. The Labute approximate surface area is 154 Å². The summed E-state index contributed by atoms with van der Waals surface area (Å²) < 4.78 is 37.9. The zero-order valence-corrected chi connectivity index (χ0v) is 14.7. The number of halogens is 5. The Kier molecular flexibility index (Phi) is 6.26. The van der Waals surface area contributed by atoms with E-state index in [0.29, 0.717) is 11.2 Å². The van der Waals surface area contributed by atoms with E-state index < -0.39 is 17.7 Å². The minimum Gasteiger partial charge on any atom is -0.313 e. The van der Waals surface area contributed by atoms with Gasteiger partial charge in [0.2, 0.25) is 0 Å². The molecule has 0 atom stereocenters. The van der Waals surface area contributed by atoms with E-state index in [1.807, 2.05) is 0 Å². The average Bonchev–Trinajstić information content (AvgIpc) is 2.56. The third-order valence-electron chi connectivity index (χ3n) is 2.76. The number of alkyl halides is 3. The number of nitrogens with zero attached hydrogens (tertiary/aromatic N) is 3. The first-order valence-electron chi connectivity index (χ1n) is 6.41. The van der Waals surface area contributed by atoms with Crippen molar-refractivity contribution in [2.24, 2.45) is 5.16 Å². The van der Waals surface area contributed by atoms with Gasteiger partial charge in [-0.1, -0.05) is 46.2 Å². The Morgan fingerprint density at radius 1 is 1.28 bits per heavy atom. The summed E-state index contributed by atoms with van der Waals surface area (Å²) in [5.41, 5.74) is -1.17. The highest BCUT2D eigenvalue weighted by molar-refractivity contribution is 7.98. The summed E-state index contributed by atoms with van der Waals surface area (Å²) in [6.45, 7) is 0. The number of aromatic nitrogens is 2. The van der Waals surface area contributed by atoms with Gasteiger partial charge in [0.05, 0.1) is 22.9 Å². The maximum Gasteiger partial charge on any atom is 0.416 e. The Morgan fingerprint density at radius 2 is 1.92 bits per heavy atom. The molecule has 1 aromatic carbocycles. The Balaban J connectivity index is 2.14. The molecule has 132 valence electrons. The van der Waals surface area contributed by atoms with Crippen molar-refractivity contribution in [2.75, 3.05) is 6.26 Å². The van der Waals surface area contributed by atoms with E-state index in [1.54, 1.807) is 6.26 Å². The van der Waals surface area contributed by atoms with Crippen molar-refractivity contribution in [3.05, 3.63) is 51.3 Å². The Morgan fingerprint density at radius 3 is 2.48 bits per heavy atom. The Hall–Kier alpha value is -1.84. The Bertz CT molecular complexity index is 808. The molecule has 0 radical (unpaired) electrons. The van der Waals surface area contributed by atoms with Gasteiger partial charge >= 0.3 is 12.1 Å². The van der Waals surface area contributed by atoms with Gasteiger partial charge in [0.1, 0.15) is 10.3 Å². The van der Waals surface area contributed by atoms with Gasteiger partial charge < -0.3 is 4.84 Å². The third-order valence-corrected chi connectivity index (χ3v) is 3.88. The van der Waals surface area contributed by atoms with Gasteiger partial charge in [-0.05, 0) is 24.5 Å². The van der Waals surface area contributed by atoms with Crippen molar-refractivity contribution >= 4 is 47.1 Å². The first kappa shape index (κ1) is 19.5. The molecule has 0 bridgehead atoms. The zero-order chi connectivity index (χ0) is 18.6. The van der Waals surface area contributed by atoms with E-state index >= 15 is 0 Å². The number of benzene rings is 1. The maximum atomic E-state index is 12.6. The molecule has 0 aliphatic rings. The number of hydrogen-bond donors (Lipinski definition) is 0. The first-order valence-corrected chi connectivity index (χ1v) is 8.39. The molecule has 25 heavy (non-hydrogen) atoms. The SMILES string of the molecule is CSc1nc(Cl)c(/C=N\OC(=O)c2cccc(C(F)(F)F)c2)c(Cl)n1. The molecule has 2 rings (SSSR count). The van der Waals surface area contributed by atoms with Crippen LogP contribution in [0.4, 0.5) is 13.2 Å². The molecule has 1 heterocycles. The lowest BCUT2D eigenvalue weighted by Gasteiger charge is -2.07. The van der Waals surface area contributed by atoms with Crippen LogP contribution in [0.25, 0.3) is 0 Å². The zero-order valence-electron chi connectivity index (χ0n) is 12.3. The second kappa shape index (κ2) is 8.03. The topological polar surface area (TPSA) is 64.4 Å². The van der Waals surface area contributed by atoms with Gasteiger partial charge in [-0.15, -0.1) is 0 Å². The van der Waals surface area contributed by atoms with E-state index in [0.717, 1.165) is 18.3 Å². The van der Waals surface area contributed by atoms with Crippen molar-refractivity contribution in [1.29, 1.82) is 0 Å². The number of carbonyl (C=O) groups is 1. The highest BCUT2D eigenvalue weighted by Gasteiger charge is 2.31. The van der Waals surface area contributed by atoms with Crippen LogP contribution in [0.2, 0.25) is 10.3 Å². The van der Waals surface area contributed by atoms with Crippen LogP contribution < -0.4 is 0 Å². The summed E-state index contributed by atoms with van der Waals surface area (Å²) >= 11 is 13.0. The van der Waals surface area contributed by atoms with E-state index in [9.17, 15) is 18.0 Å². The molecule has 0 N–H and O–H groups in total. The average molecular weight is 410 g/mol. The van der Waals surface area contributed by atoms with Gasteiger partial charge in [-0.2, -0.15) is 13.2 Å². The molecule has 0 saturated carbocycles. The maximum absolute atomic E-state index is 12.6. The fourth-order valence-electron chi connectivity index (χ4n) is 1.60. The quantitative estimate of drug-likeness (QED) is 0.182. The van der Waals surface area contributed by atoms with Gasteiger partial charge in [0.15, 0.2) is 5.16 Å². The van der Waals surface area contributed by atoms with Gasteiger partial charge in [0.25, 0.3) is 0 Å². The first-order chi connectivity index (χ1) is 11.7. The lowest BCUT2D eigenvalue weighted by Crippen LogP contribution is -2.08. The van der Waals surface area contributed by atoms with Gasteiger partial charge in [0, 0.05) is 0 Å². The number of hydrogen-bond acceptors (Lipinski definition) is 6. The van der Waals surface area contributed by atoms with Gasteiger partial charge in [-0.25, -0.2) is 14.8 Å². The van der Waals surface area contributed by atoms with Crippen molar-refractivity contribution < 1.29 is 22.8 Å². The van der Waals surface area contributed by atoms with Crippen LogP contribution in [0.1, 0.15) is 21.5 Å². The van der Waals surface area contributed by atoms with Crippen molar-refractivity contribution in [3.8, 4) is 0 Å². The predicted octanol–water partition coefficient (Wildman–Crippen LogP) is 4.72. The predicted molar refractivity (Wildman–Crippen MR) is 88.3 cm³/mol. The van der Waals surface area contributed by atoms with Crippen LogP contribution >= 0.6 is 35.0 Å². The number of oxime groups is 1. The monoisotopic (exact) mass is 409 g/mol. The summed E-state index contributed by atoms with van der Waals surface area (Å²) in [6, 6.07) is 3.76. The standard InChI is InChI=1S/C14H8Cl2F3N3O2S/c1-25-13-21-10(15)9(11(16)22-13)6-20-24-12(23)7-3-2-4-8(5-7)14(17,18)19/h2-6H,1H3/b20-6-. The van der Waals surface area contributed by atoms with Crippen LogP contribution in [0.5, 0.6) is 0 Å². The number of rotatable bonds is 4. The van der Waals surface area contributed by atoms with E-state index in [2.05, 4.69) is 20.0 Å². The summed E-state index contributed by atoms with van der Waals surface area (Å²) in [4.78, 5) is 24.2. The minimum absolute atomic E-state index is 0.0109. The lowest BCUT2D eigenvalue weighted by molar-refractivity contribution is -0.137. The summed E-state index contributed by atoms with van der Waals surface area (Å²) in [7, 11) is 0. The molecule has 0 spiro atoms. The van der Waals surface area contributed by atoms with E-state index in [4.69, 9.17) is 23.2 Å². The molecule has 0 aliphatic heterocycles. The fourth-order valence-corrected chi connectivity index (χ4v) is 2.55. The molecule has 2 aromatic rings. The lowest BCUT2D eigenvalue weighted by atomic mass is 10.1. The molecule has 1 aromatic heterocycles. The normalized spacial score (nSPS) is 11.8. The van der Waals surface area contributed by atoms with Crippen molar-refractivity contribution in [1.82, 2.24) is 9.97 Å². The molecule has 0 aliphatic carbocycles. The minimum atomic E-state index is -4.57. The number of thioether (sulfide) groups is 1. The summed E-state index contributed by atoms with van der Waals surface area (Å²) in [5, 5.41) is 3.69. The molecule has 11 heteroatoms. The largest absolute Gasteiger partial charge is 0.416 e. The van der Waals surface area contributed by atoms with Crippen LogP contribution in [-0.4, -0.2) is 28.4 Å². The van der Waals surface area contributed by atoms with Crippen molar-refractivity contribution in [2.45, 2.75) is 11.3 Å². The molecule has 0 fully saturated rings. The molecule has 5 nitrogen and oxygen atoms in total. The third kappa shape index (κ3) is 5.07. The van der Waals surface area contributed by atoms with Crippen LogP contribution in [-0.2, 0) is 11.0 Å². The molecular weight excluding hydrogens is 402 g/mol. The van der Waals surface area contributed by atoms with Crippen LogP contribution in [0, 0.1) is 0 Å². The highest BCUT2D eigenvalue weighted by atomic mass is 35.5. The van der Waals surface area contributed by atoms with Crippen LogP contribution in [0.15, 0.2) is 34.6 Å². The van der Waals surface area contributed by atoms with E-state index in [1.165, 1.54) is 17.8 Å². The fraction of sp³-hybridized carbons (Fsp3) is 0.143. The van der Waals surface area contributed by atoms with Crippen LogP contribution in [0.3, 0.4) is 0 Å². The summed E-state index contributed by atoms with van der Waals surface area (Å²) in [5.74, 6) is -1.07. The highest BCUT2D eigenvalue weighted by Crippen LogP contribution is 2.29. The molecular formula is C14H8Cl2F3N3O2S.